The number of hydrogen-bond donors (Lipinski definition) is 1. The molecule has 0 saturated heterocycles. The molecule has 174 valence electrons. The van der Waals surface area contributed by atoms with Crippen molar-refractivity contribution in [3.8, 4) is 11.5 Å². The van der Waals surface area contributed by atoms with Crippen molar-refractivity contribution in [3.05, 3.63) is 97.8 Å². The van der Waals surface area contributed by atoms with Gasteiger partial charge in [-0.1, -0.05) is 44.2 Å². The second kappa shape index (κ2) is 7.87. The summed E-state index contributed by atoms with van der Waals surface area (Å²) in [6.45, 7) is 4.11. The van der Waals surface area contributed by atoms with Gasteiger partial charge in [0, 0.05) is 37.7 Å². The highest BCUT2D eigenvalue weighted by molar-refractivity contribution is 6.01. The summed E-state index contributed by atoms with van der Waals surface area (Å²) in [7, 11) is 3.10. The van der Waals surface area contributed by atoms with E-state index in [1.165, 1.54) is 11.6 Å². The Hall–Kier alpha value is -3.87. The van der Waals surface area contributed by atoms with Gasteiger partial charge in [-0.25, -0.2) is 4.79 Å². The van der Waals surface area contributed by atoms with Crippen molar-refractivity contribution in [1.29, 1.82) is 0 Å². The van der Waals surface area contributed by atoms with Crippen LogP contribution < -0.4 is 21.3 Å². The zero-order chi connectivity index (χ0) is 24.2. The molecule has 0 amide bonds. The fraction of sp³-hybridized carbons (Fsp3) is 0.296. The van der Waals surface area contributed by atoms with Crippen molar-refractivity contribution < 1.29 is 9.53 Å². The quantitative estimate of drug-likeness (QED) is 0.641. The Labute approximate surface area is 197 Å². The van der Waals surface area contributed by atoms with E-state index in [9.17, 15) is 14.4 Å². The standard InChI is InChI=1S/C27H27N3O4/c1-27(2)14-19-22(20(31)15-27)21(23-24(28-19)29(3)26(33)30(4)25(23)32)16-9-8-12-18(13-16)34-17-10-6-5-7-11-17/h5-13,21,28H,14-15H2,1-4H3/t21-/m1/s1. The van der Waals surface area contributed by atoms with E-state index in [1.807, 2.05) is 54.6 Å². The summed E-state index contributed by atoms with van der Waals surface area (Å²) in [6, 6.07) is 16.9. The largest absolute Gasteiger partial charge is 0.457 e. The van der Waals surface area contributed by atoms with Crippen LogP contribution in [0.25, 0.3) is 0 Å². The van der Waals surface area contributed by atoms with Crippen LogP contribution in [0.4, 0.5) is 5.82 Å². The molecule has 0 unspecified atom stereocenters. The molecule has 34 heavy (non-hydrogen) atoms. The van der Waals surface area contributed by atoms with Crippen molar-refractivity contribution in [2.45, 2.75) is 32.6 Å². The number of para-hydroxylation sites is 1. The number of anilines is 1. The highest BCUT2D eigenvalue weighted by Gasteiger charge is 2.43. The van der Waals surface area contributed by atoms with Crippen LogP contribution in [-0.2, 0) is 18.9 Å². The van der Waals surface area contributed by atoms with Crippen molar-refractivity contribution in [2.24, 2.45) is 19.5 Å². The lowest BCUT2D eigenvalue weighted by Crippen LogP contribution is -2.45. The third kappa shape index (κ3) is 3.57. The summed E-state index contributed by atoms with van der Waals surface area (Å²) in [5, 5.41) is 3.29. The fourth-order valence-electron chi connectivity index (χ4n) is 5.07. The molecule has 1 aromatic heterocycles. The maximum atomic E-state index is 13.5. The molecule has 0 bridgehead atoms. The molecule has 7 heteroatoms. The van der Waals surface area contributed by atoms with Gasteiger partial charge in [0.2, 0.25) is 0 Å². The van der Waals surface area contributed by atoms with Crippen LogP contribution >= 0.6 is 0 Å². The minimum Gasteiger partial charge on any atom is -0.457 e. The summed E-state index contributed by atoms with van der Waals surface area (Å²) in [5.41, 5.74) is 1.49. The molecule has 1 aliphatic heterocycles. The van der Waals surface area contributed by atoms with Crippen molar-refractivity contribution in [1.82, 2.24) is 9.13 Å². The van der Waals surface area contributed by atoms with Gasteiger partial charge in [0.1, 0.15) is 17.3 Å². The van der Waals surface area contributed by atoms with Gasteiger partial charge < -0.3 is 10.1 Å². The SMILES string of the molecule is Cn1c2c(c(=O)n(C)c1=O)[C@H](c1cccc(Oc3ccccc3)c1)C1=C(CC(C)(C)CC1=O)N2. The van der Waals surface area contributed by atoms with E-state index in [-0.39, 0.29) is 11.2 Å². The number of benzene rings is 2. The average Bonchev–Trinajstić information content (AvgIpc) is 2.80. The minimum atomic E-state index is -0.598. The average molecular weight is 458 g/mol. The van der Waals surface area contributed by atoms with Gasteiger partial charge >= 0.3 is 5.69 Å². The third-order valence-electron chi connectivity index (χ3n) is 6.64. The van der Waals surface area contributed by atoms with E-state index in [0.717, 1.165) is 15.8 Å². The van der Waals surface area contributed by atoms with Gasteiger partial charge in [-0.05, 0) is 41.7 Å². The van der Waals surface area contributed by atoms with Crippen LogP contribution in [0.5, 0.6) is 11.5 Å². The van der Waals surface area contributed by atoms with E-state index < -0.39 is 17.2 Å². The lowest BCUT2D eigenvalue weighted by Gasteiger charge is -2.39. The molecule has 0 saturated carbocycles. The normalized spacial score (nSPS) is 18.7. The highest BCUT2D eigenvalue weighted by atomic mass is 16.5. The van der Waals surface area contributed by atoms with E-state index in [0.29, 0.717) is 41.3 Å². The monoisotopic (exact) mass is 457 g/mol. The molecule has 1 atom stereocenters. The number of carbonyl (C=O) groups is 1. The number of nitrogens with zero attached hydrogens (tertiary/aromatic N) is 2. The van der Waals surface area contributed by atoms with Gasteiger partial charge in [-0.15, -0.1) is 0 Å². The second-order valence-corrected chi connectivity index (χ2v) is 9.85. The van der Waals surface area contributed by atoms with Crippen molar-refractivity contribution in [2.75, 3.05) is 5.32 Å². The molecular weight excluding hydrogens is 430 g/mol. The molecule has 1 N–H and O–H groups in total. The molecule has 5 rings (SSSR count). The first kappa shape index (κ1) is 21.9. The van der Waals surface area contributed by atoms with E-state index in [2.05, 4.69) is 19.2 Å². The van der Waals surface area contributed by atoms with Crippen LogP contribution in [0.15, 0.2) is 75.5 Å². The molecule has 7 nitrogen and oxygen atoms in total. The number of fused-ring (bicyclic) bond motifs is 1. The Bertz CT molecular complexity index is 1460. The van der Waals surface area contributed by atoms with Crippen LogP contribution in [0.3, 0.4) is 0 Å². The zero-order valence-corrected chi connectivity index (χ0v) is 19.7. The number of aromatic nitrogens is 2. The van der Waals surface area contributed by atoms with Crippen LogP contribution in [0.1, 0.15) is 43.7 Å². The van der Waals surface area contributed by atoms with Gasteiger partial charge in [0.15, 0.2) is 5.78 Å². The predicted octanol–water partition coefficient (Wildman–Crippen LogP) is 4.08. The van der Waals surface area contributed by atoms with Crippen LogP contribution in [0, 0.1) is 5.41 Å². The Kier molecular flexibility index (Phi) is 5.08. The fourth-order valence-corrected chi connectivity index (χ4v) is 5.07. The van der Waals surface area contributed by atoms with E-state index in [1.54, 1.807) is 7.05 Å². The number of rotatable bonds is 3. The van der Waals surface area contributed by atoms with Gasteiger partial charge in [0.05, 0.1) is 5.56 Å². The number of hydrogen-bond acceptors (Lipinski definition) is 5. The Morgan fingerprint density at radius 3 is 2.35 bits per heavy atom. The smallest absolute Gasteiger partial charge is 0.332 e. The molecule has 1 aliphatic carbocycles. The van der Waals surface area contributed by atoms with E-state index in [4.69, 9.17) is 4.74 Å². The molecule has 2 aliphatic rings. The Morgan fingerprint density at radius 1 is 0.912 bits per heavy atom. The van der Waals surface area contributed by atoms with Crippen LogP contribution in [-0.4, -0.2) is 14.9 Å². The number of ether oxygens (including phenoxy) is 1. The van der Waals surface area contributed by atoms with Gasteiger partial charge in [-0.2, -0.15) is 0 Å². The first-order valence-electron chi connectivity index (χ1n) is 11.3. The molecule has 0 fully saturated rings. The third-order valence-corrected chi connectivity index (χ3v) is 6.64. The molecule has 0 radical (unpaired) electrons. The lowest BCUT2D eigenvalue weighted by atomic mass is 9.69. The molecule has 0 spiro atoms. The summed E-state index contributed by atoms with van der Waals surface area (Å²) < 4.78 is 8.58. The summed E-state index contributed by atoms with van der Waals surface area (Å²) in [5.74, 6) is 1.16. The first-order valence-corrected chi connectivity index (χ1v) is 11.3. The number of ketones is 1. The zero-order valence-electron chi connectivity index (χ0n) is 19.7. The topological polar surface area (TPSA) is 82.3 Å². The van der Waals surface area contributed by atoms with E-state index >= 15 is 0 Å². The van der Waals surface area contributed by atoms with Crippen LogP contribution in [0.2, 0.25) is 0 Å². The Balaban J connectivity index is 1.73. The number of nitrogens with one attached hydrogen (secondary N) is 1. The Morgan fingerprint density at radius 2 is 1.62 bits per heavy atom. The first-order chi connectivity index (χ1) is 16.2. The van der Waals surface area contributed by atoms with Crippen molar-refractivity contribution >= 4 is 11.6 Å². The number of Topliss-reactive ketones (excluding diaryl/α,β-unsaturated/α-hetero) is 1. The van der Waals surface area contributed by atoms with Gasteiger partial charge in [-0.3, -0.25) is 18.7 Å². The number of allylic oxidation sites excluding steroid dienone is 2. The summed E-state index contributed by atoms with van der Waals surface area (Å²) in [6.07, 6.45) is 1.04. The molecular formula is C27H27N3O4. The van der Waals surface area contributed by atoms with Gasteiger partial charge in [0.25, 0.3) is 5.56 Å². The lowest BCUT2D eigenvalue weighted by molar-refractivity contribution is -0.118. The molecule has 2 heterocycles. The molecule has 3 aromatic rings. The number of carbonyl (C=O) groups excluding carboxylic acids is 1. The predicted molar refractivity (Wildman–Crippen MR) is 130 cm³/mol. The second-order valence-electron chi connectivity index (χ2n) is 9.85. The highest BCUT2D eigenvalue weighted by Crippen LogP contribution is 2.48. The maximum Gasteiger partial charge on any atom is 0.332 e. The summed E-state index contributed by atoms with van der Waals surface area (Å²) >= 11 is 0. The van der Waals surface area contributed by atoms with Crippen molar-refractivity contribution in [3.63, 3.8) is 0 Å². The maximum absolute atomic E-state index is 13.5. The molecule has 2 aromatic carbocycles. The minimum absolute atomic E-state index is 0.0136. The summed E-state index contributed by atoms with van der Waals surface area (Å²) in [4.78, 5) is 39.6.